The molecule has 0 saturated carbocycles. The number of phosphoric acid groups is 1. The van der Waals surface area contributed by atoms with Crippen LogP contribution >= 0.6 is 7.82 Å². The topological polar surface area (TPSA) is 179 Å². The molecular weight excluding hydrogens is 898 g/mol. The van der Waals surface area contributed by atoms with Crippen molar-refractivity contribution in [2.24, 2.45) is 0 Å². The Labute approximate surface area is 418 Å². The summed E-state index contributed by atoms with van der Waals surface area (Å²) in [5, 5.41) is 5.24. The van der Waals surface area contributed by atoms with Gasteiger partial charge in [0.1, 0.15) is 12.2 Å². The molecule has 0 bridgehead atoms. The van der Waals surface area contributed by atoms with Crippen molar-refractivity contribution in [1.82, 2.24) is 5.32 Å². The number of ether oxygens (including phenoxy) is 3. The number of nitrogens with zero attached hydrogens (tertiary/aromatic N) is 1. The zero-order valence-corrected chi connectivity index (χ0v) is 45.2. The van der Waals surface area contributed by atoms with Gasteiger partial charge in [-0.1, -0.05) is 194 Å². The van der Waals surface area contributed by atoms with Crippen molar-refractivity contribution in [2.75, 3.05) is 43.6 Å². The van der Waals surface area contributed by atoms with Crippen LogP contribution in [0.15, 0.2) is 24.3 Å². The fourth-order valence-corrected chi connectivity index (χ4v) is 8.61. The monoisotopic (exact) mass is 996 g/mol. The van der Waals surface area contributed by atoms with E-state index < -0.39 is 50.2 Å². The maximum atomic E-state index is 12.9. The minimum absolute atomic E-state index is 0.121. The Bertz CT molecular complexity index is 1510. The van der Waals surface area contributed by atoms with Gasteiger partial charge in [-0.05, 0) is 57.9 Å². The van der Waals surface area contributed by atoms with Crippen molar-refractivity contribution in [3.63, 3.8) is 0 Å². The Balaban J connectivity index is 2.49. The average Bonchev–Trinajstić information content (AvgIpc) is 3.30. The van der Waals surface area contributed by atoms with Crippen LogP contribution in [0.3, 0.4) is 0 Å². The molecule has 2 atom stereocenters. The second-order valence-corrected chi connectivity index (χ2v) is 21.2. The van der Waals surface area contributed by atoms with Gasteiger partial charge in [-0.15, -0.1) is 0 Å². The number of anilines is 2. The van der Waals surface area contributed by atoms with Gasteiger partial charge in [0, 0.05) is 37.8 Å². The number of rotatable bonds is 44. The van der Waals surface area contributed by atoms with Gasteiger partial charge in [0.25, 0.3) is 0 Å². The van der Waals surface area contributed by atoms with Crippen LogP contribution in [0.5, 0.6) is 0 Å². The summed E-state index contributed by atoms with van der Waals surface area (Å²) >= 11 is 0. The maximum absolute atomic E-state index is 12.9. The fraction of sp³-hybridized carbons (Fsp3) is 0.815. The van der Waals surface area contributed by atoms with Crippen LogP contribution in [-0.2, 0) is 37.4 Å². The standard InChI is InChI=1S/C54H98N3O11P/c1-7-9-11-13-15-17-19-21-23-25-27-29-31-33-35-37-50(58)64-45-49(67-51(59)38-36-34-32-30-28-26-24-22-20-18-16-14-12-10-8-2)46-66-69(62,63)65-44-43-55-52(60)57(6)48-41-39-47(40-42-48)56-53(61)68-54(3,4)5/h39-42,49H,7-38,43-46H2,1-6H3,(H,55,60)(H,56,61)(H,62,63)/t49-/m1/s1. The van der Waals surface area contributed by atoms with Crippen molar-refractivity contribution >= 4 is 43.3 Å². The van der Waals surface area contributed by atoms with Crippen molar-refractivity contribution in [2.45, 2.75) is 252 Å². The summed E-state index contributed by atoms with van der Waals surface area (Å²) in [6.07, 6.45) is 35.2. The molecule has 1 aromatic carbocycles. The molecule has 1 unspecified atom stereocenters. The van der Waals surface area contributed by atoms with Crippen LogP contribution in [0.4, 0.5) is 21.0 Å². The molecule has 0 saturated heterocycles. The first kappa shape index (κ1) is 63.8. The molecule has 0 heterocycles. The highest BCUT2D eigenvalue weighted by Gasteiger charge is 2.26. The van der Waals surface area contributed by atoms with E-state index in [1.807, 2.05) is 0 Å². The Kier molecular flexibility index (Phi) is 38.3. The van der Waals surface area contributed by atoms with Gasteiger partial charge >= 0.3 is 31.9 Å². The van der Waals surface area contributed by atoms with Gasteiger partial charge in [-0.25, -0.2) is 14.2 Å². The molecule has 1 aromatic rings. The van der Waals surface area contributed by atoms with E-state index >= 15 is 0 Å². The number of amides is 3. The number of benzene rings is 1. The molecule has 3 amide bonds. The SMILES string of the molecule is CCCCCCCCCCCCCCCCCC(=O)OC[C@H](COP(=O)(O)OCCNC(=O)N(C)c1ccc(NC(=O)OC(C)(C)C)cc1)OC(=O)CCCCCCCCCCCCCCCCC. The molecule has 0 aliphatic carbocycles. The lowest BCUT2D eigenvalue weighted by molar-refractivity contribution is -0.161. The minimum atomic E-state index is -4.65. The Morgan fingerprint density at radius 1 is 0.594 bits per heavy atom. The molecule has 400 valence electrons. The fourth-order valence-electron chi connectivity index (χ4n) is 7.86. The Hall–Kier alpha value is -3.19. The van der Waals surface area contributed by atoms with Gasteiger partial charge in [-0.3, -0.25) is 28.9 Å². The molecular formula is C54H98N3O11P. The molecule has 69 heavy (non-hydrogen) atoms. The highest BCUT2D eigenvalue weighted by Crippen LogP contribution is 2.43. The molecule has 0 fully saturated rings. The number of unbranched alkanes of at least 4 members (excludes halogenated alkanes) is 28. The molecule has 0 aromatic heterocycles. The zero-order chi connectivity index (χ0) is 50.9. The molecule has 14 nitrogen and oxygen atoms in total. The Morgan fingerprint density at radius 3 is 1.42 bits per heavy atom. The number of hydrogen-bond acceptors (Lipinski definition) is 10. The second-order valence-electron chi connectivity index (χ2n) is 19.8. The van der Waals surface area contributed by atoms with Gasteiger partial charge in [0.05, 0.1) is 13.2 Å². The number of phosphoric ester groups is 1. The van der Waals surface area contributed by atoms with E-state index in [1.165, 1.54) is 146 Å². The molecule has 0 aliphatic rings. The van der Waals surface area contributed by atoms with Crippen LogP contribution in [0.1, 0.15) is 240 Å². The summed E-state index contributed by atoms with van der Waals surface area (Å²) in [7, 11) is -3.11. The molecule has 0 aliphatic heterocycles. The van der Waals surface area contributed by atoms with Gasteiger partial charge < -0.3 is 24.4 Å². The van der Waals surface area contributed by atoms with Crippen molar-refractivity contribution < 1.29 is 51.9 Å². The van der Waals surface area contributed by atoms with E-state index in [4.69, 9.17) is 23.3 Å². The third kappa shape index (κ3) is 39.2. The molecule has 1 rings (SSSR count). The van der Waals surface area contributed by atoms with Crippen molar-refractivity contribution in [3.05, 3.63) is 24.3 Å². The largest absolute Gasteiger partial charge is 0.472 e. The minimum Gasteiger partial charge on any atom is -0.462 e. The third-order valence-electron chi connectivity index (χ3n) is 12.0. The first-order valence-corrected chi connectivity index (χ1v) is 28.7. The highest BCUT2D eigenvalue weighted by molar-refractivity contribution is 7.47. The van der Waals surface area contributed by atoms with E-state index in [0.29, 0.717) is 24.2 Å². The third-order valence-corrected chi connectivity index (χ3v) is 12.9. The lowest BCUT2D eigenvalue weighted by Gasteiger charge is -2.21. The summed E-state index contributed by atoms with van der Waals surface area (Å²) in [6.45, 7) is 8.47. The molecule has 0 spiro atoms. The van der Waals surface area contributed by atoms with E-state index in [-0.39, 0.29) is 32.6 Å². The number of urea groups is 1. The van der Waals surface area contributed by atoms with Crippen LogP contribution in [0.25, 0.3) is 0 Å². The maximum Gasteiger partial charge on any atom is 0.472 e. The summed E-state index contributed by atoms with van der Waals surface area (Å²) in [5.41, 5.74) is 0.361. The number of hydrogen-bond donors (Lipinski definition) is 3. The van der Waals surface area contributed by atoms with Crippen molar-refractivity contribution in [3.8, 4) is 0 Å². The second kappa shape index (κ2) is 41.4. The summed E-state index contributed by atoms with van der Waals surface area (Å²) < 4.78 is 39.4. The zero-order valence-electron chi connectivity index (χ0n) is 44.3. The quantitative estimate of drug-likeness (QED) is 0.0245. The van der Waals surface area contributed by atoms with E-state index in [2.05, 4.69) is 24.5 Å². The molecule has 3 N–H and O–H groups in total. The van der Waals surface area contributed by atoms with E-state index in [0.717, 1.165) is 38.5 Å². The average molecular weight is 996 g/mol. The lowest BCUT2D eigenvalue weighted by atomic mass is 10.0. The van der Waals surface area contributed by atoms with Gasteiger partial charge in [-0.2, -0.15) is 0 Å². The summed E-state index contributed by atoms with van der Waals surface area (Å²) in [4.78, 5) is 62.1. The van der Waals surface area contributed by atoms with Gasteiger partial charge in [0.2, 0.25) is 0 Å². The number of esters is 2. The predicted octanol–water partition coefficient (Wildman–Crippen LogP) is 15.3. The first-order chi connectivity index (χ1) is 33.2. The smallest absolute Gasteiger partial charge is 0.462 e. The van der Waals surface area contributed by atoms with Crippen LogP contribution in [0, 0.1) is 0 Å². The first-order valence-electron chi connectivity index (χ1n) is 27.2. The van der Waals surface area contributed by atoms with Crippen LogP contribution in [-0.4, -0.2) is 74.1 Å². The van der Waals surface area contributed by atoms with E-state index in [9.17, 15) is 28.6 Å². The van der Waals surface area contributed by atoms with E-state index in [1.54, 1.807) is 52.1 Å². The predicted molar refractivity (Wildman–Crippen MR) is 280 cm³/mol. The van der Waals surface area contributed by atoms with Crippen LogP contribution in [0.2, 0.25) is 0 Å². The number of carbonyl (C=O) groups is 4. The lowest BCUT2D eigenvalue weighted by Crippen LogP contribution is -2.38. The van der Waals surface area contributed by atoms with Crippen LogP contribution < -0.4 is 15.5 Å². The summed E-state index contributed by atoms with van der Waals surface area (Å²) in [6, 6.07) is 6.02. The molecule has 0 radical (unpaired) electrons. The highest BCUT2D eigenvalue weighted by atomic mass is 31.2. The Morgan fingerprint density at radius 2 is 1.00 bits per heavy atom. The normalized spacial score (nSPS) is 12.8. The number of nitrogens with one attached hydrogen (secondary N) is 2. The number of carbonyl (C=O) groups excluding carboxylic acids is 4. The molecule has 15 heteroatoms. The van der Waals surface area contributed by atoms with Crippen molar-refractivity contribution in [1.29, 1.82) is 0 Å². The van der Waals surface area contributed by atoms with Gasteiger partial charge in [0.15, 0.2) is 6.10 Å². The summed E-state index contributed by atoms with van der Waals surface area (Å²) in [5.74, 6) is -0.920.